The molecular weight excluding hydrogens is 394 g/mol. The second-order valence-corrected chi connectivity index (χ2v) is 9.43. The summed E-state index contributed by atoms with van der Waals surface area (Å²) >= 11 is 6.15. The Hall–Kier alpha value is -2.13. The minimum atomic E-state index is -3.05. The minimum absolute atomic E-state index is 0.00122. The first-order valence-corrected chi connectivity index (χ1v) is 10.8. The first-order valence-electron chi connectivity index (χ1n) is 8.65. The van der Waals surface area contributed by atoms with Gasteiger partial charge in [-0.05, 0) is 37.0 Å². The molecule has 2 aliphatic rings. The van der Waals surface area contributed by atoms with Crippen molar-refractivity contribution >= 4 is 44.8 Å². The summed E-state index contributed by atoms with van der Waals surface area (Å²) in [4.78, 5) is 37.6. The van der Waals surface area contributed by atoms with Crippen molar-refractivity contribution in [3.63, 3.8) is 0 Å². The van der Waals surface area contributed by atoms with E-state index in [4.69, 9.17) is 11.6 Å². The third-order valence-corrected chi connectivity index (χ3v) is 6.85. The van der Waals surface area contributed by atoms with Crippen LogP contribution >= 0.6 is 11.6 Å². The number of amides is 3. The fourth-order valence-electron chi connectivity index (χ4n) is 3.31. The van der Waals surface area contributed by atoms with Gasteiger partial charge in [-0.15, -0.1) is 0 Å². The van der Waals surface area contributed by atoms with Crippen LogP contribution in [0.4, 0.5) is 5.69 Å². The van der Waals surface area contributed by atoms with E-state index < -0.39 is 21.7 Å². The summed E-state index contributed by atoms with van der Waals surface area (Å²) in [6.45, 7) is 0.546. The van der Waals surface area contributed by atoms with E-state index in [2.05, 4.69) is 10.9 Å². The molecule has 0 unspecified atom stereocenters. The van der Waals surface area contributed by atoms with Crippen LogP contribution in [0.3, 0.4) is 0 Å². The highest BCUT2D eigenvalue weighted by atomic mass is 35.5. The highest BCUT2D eigenvalue weighted by Gasteiger charge is 2.29. The van der Waals surface area contributed by atoms with Crippen LogP contribution in [-0.4, -0.2) is 44.2 Å². The number of hydrazine groups is 1. The van der Waals surface area contributed by atoms with Crippen molar-refractivity contribution in [2.24, 2.45) is 5.92 Å². The lowest BCUT2D eigenvalue weighted by molar-refractivity contribution is -0.122. The molecule has 0 spiro atoms. The molecule has 1 atom stereocenters. The van der Waals surface area contributed by atoms with Gasteiger partial charge < -0.3 is 4.90 Å². The maximum absolute atomic E-state index is 12.3. The summed E-state index contributed by atoms with van der Waals surface area (Å²) in [6, 6.07) is 4.54. The lowest BCUT2D eigenvalue weighted by Gasteiger charge is -2.18. The molecule has 2 N–H and O–H groups in total. The topological polar surface area (TPSA) is 113 Å². The van der Waals surface area contributed by atoms with E-state index in [0.717, 1.165) is 6.42 Å². The maximum Gasteiger partial charge on any atom is 0.269 e. The normalized spacial score (nSPS) is 21.3. The van der Waals surface area contributed by atoms with Crippen LogP contribution in [-0.2, 0) is 19.4 Å². The van der Waals surface area contributed by atoms with Crippen LogP contribution in [0.1, 0.15) is 36.0 Å². The van der Waals surface area contributed by atoms with Crippen molar-refractivity contribution in [2.45, 2.75) is 25.7 Å². The number of carbonyl (C=O) groups is 3. The number of anilines is 1. The number of sulfone groups is 1. The van der Waals surface area contributed by atoms with Crippen molar-refractivity contribution in [2.75, 3.05) is 23.0 Å². The molecule has 3 amide bonds. The Bertz CT molecular complexity index is 887. The molecule has 0 aliphatic carbocycles. The summed E-state index contributed by atoms with van der Waals surface area (Å²) in [5, 5.41) is 0.369. The molecule has 0 saturated carbocycles. The smallest absolute Gasteiger partial charge is 0.269 e. The largest absolute Gasteiger partial charge is 0.311 e. The Labute approximate surface area is 162 Å². The highest BCUT2D eigenvalue weighted by Crippen LogP contribution is 2.30. The van der Waals surface area contributed by atoms with E-state index >= 15 is 0 Å². The van der Waals surface area contributed by atoms with Gasteiger partial charge in [0, 0.05) is 24.9 Å². The number of hydrogen-bond acceptors (Lipinski definition) is 5. The fraction of sp³-hybridized carbons (Fsp3) is 0.471. The monoisotopic (exact) mass is 413 g/mol. The number of nitrogens with one attached hydrogen (secondary N) is 2. The number of halogens is 1. The molecule has 146 valence electrons. The summed E-state index contributed by atoms with van der Waals surface area (Å²) in [6.07, 6.45) is 1.67. The second-order valence-electron chi connectivity index (χ2n) is 6.79. The van der Waals surface area contributed by atoms with Crippen molar-refractivity contribution in [3.8, 4) is 0 Å². The highest BCUT2D eigenvalue weighted by molar-refractivity contribution is 7.91. The average Bonchev–Trinajstić information content (AvgIpc) is 3.18. The lowest BCUT2D eigenvalue weighted by atomic mass is 10.1. The summed E-state index contributed by atoms with van der Waals surface area (Å²) < 4.78 is 22.8. The van der Waals surface area contributed by atoms with Gasteiger partial charge in [0.25, 0.3) is 5.91 Å². The standard InChI is InChI=1S/C17H20ClN3O5S/c18-13-4-3-12(9-14(13)21-6-1-2-16(21)23)17(24)20-19-15(22)8-11-5-7-27(25,26)10-11/h3-4,9,11H,1-2,5-8,10H2,(H,19,22)(H,20,24)/t11-/m0/s1. The summed E-state index contributed by atoms with van der Waals surface area (Å²) in [7, 11) is -3.05. The third-order valence-electron chi connectivity index (χ3n) is 4.69. The predicted octanol–water partition coefficient (Wildman–Crippen LogP) is 1.05. The summed E-state index contributed by atoms with van der Waals surface area (Å²) in [5.41, 5.74) is 5.32. The number of nitrogens with zero attached hydrogens (tertiary/aromatic N) is 1. The molecule has 27 heavy (non-hydrogen) atoms. The van der Waals surface area contributed by atoms with E-state index in [1.165, 1.54) is 23.1 Å². The van der Waals surface area contributed by atoms with Gasteiger partial charge in [0.1, 0.15) is 0 Å². The van der Waals surface area contributed by atoms with Crippen molar-refractivity contribution in [3.05, 3.63) is 28.8 Å². The number of benzene rings is 1. The van der Waals surface area contributed by atoms with Gasteiger partial charge in [-0.1, -0.05) is 11.6 Å². The van der Waals surface area contributed by atoms with E-state index in [0.29, 0.717) is 30.1 Å². The van der Waals surface area contributed by atoms with Crippen LogP contribution in [0.15, 0.2) is 18.2 Å². The molecular formula is C17H20ClN3O5S. The average molecular weight is 414 g/mol. The van der Waals surface area contributed by atoms with E-state index in [1.807, 2.05) is 0 Å². The minimum Gasteiger partial charge on any atom is -0.311 e. The van der Waals surface area contributed by atoms with E-state index in [-0.39, 0.29) is 35.3 Å². The van der Waals surface area contributed by atoms with Crippen LogP contribution in [0.2, 0.25) is 5.02 Å². The van der Waals surface area contributed by atoms with Gasteiger partial charge in [-0.3, -0.25) is 25.2 Å². The lowest BCUT2D eigenvalue weighted by Crippen LogP contribution is -2.42. The van der Waals surface area contributed by atoms with Gasteiger partial charge in [-0.2, -0.15) is 0 Å². The molecule has 0 aromatic heterocycles. The Morgan fingerprint density at radius 2 is 2.04 bits per heavy atom. The third kappa shape index (κ3) is 4.78. The molecule has 8 nitrogen and oxygen atoms in total. The summed E-state index contributed by atoms with van der Waals surface area (Å²) in [5.74, 6) is -1.18. The molecule has 1 aromatic rings. The van der Waals surface area contributed by atoms with Gasteiger partial charge in [-0.25, -0.2) is 8.42 Å². The molecule has 1 aromatic carbocycles. The van der Waals surface area contributed by atoms with Crippen LogP contribution < -0.4 is 15.8 Å². The van der Waals surface area contributed by atoms with Gasteiger partial charge in [0.05, 0.1) is 22.2 Å². The number of hydrogen-bond donors (Lipinski definition) is 2. The van der Waals surface area contributed by atoms with Gasteiger partial charge in [0.2, 0.25) is 11.8 Å². The van der Waals surface area contributed by atoms with E-state index in [1.54, 1.807) is 0 Å². The molecule has 2 heterocycles. The Morgan fingerprint density at radius 3 is 2.67 bits per heavy atom. The van der Waals surface area contributed by atoms with Crippen LogP contribution in [0, 0.1) is 5.92 Å². The number of rotatable bonds is 4. The first kappa shape index (κ1) is 19.6. The second kappa shape index (κ2) is 7.85. The maximum atomic E-state index is 12.3. The Morgan fingerprint density at radius 1 is 1.26 bits per heavy atom. The molecule has 0 radical (unpaired) electrons. The number of carbonyl (C=O) groups excluding carboxylic acids is 3. The quantitative estimate of drug-likeness (QED) is 0.716. The zero-order valence-corrected chi connectivity index (χ0v) is 16.1. The zero-order valence-electron chi connectivity index (χ0n) is 14.5. The molecule has 0 bridgehead atoms. The van der Waals surface area contributed by atoms with Crippen LogP contribution in [0.5, 0.6) is 0 Å². The Balaban J connectivity index is 1.58. The first-order chi connectivity index (χ1) is 12.7. The van der Waals surface area contributed by atoms with Crippen molar-refractivity contribution < 1.29 is 22.8 Å². The van der Waals surface area contributed by atoms with Crippen molar-refractivity contribution in [1.82, 2.24) is 10.9 Å². The Kier molecular flexibility index (Phi) is 5.71. The molecule has 2 aliphatic heterocycles. The fourth-order valence-corrected chi connectivity index (χ4v) is 5.39. The molecule has 3 rings (SSSR count). The molecule has 2 saturated heterocycles. The predicted molar refractivity (Wildman–Crippen MR) is 100 cm³/mol. The van der Waals surface area contributed by atoms with Gasteiger partial charge in [0.15, 0.2) is 9.84 Å². The van der Waals surface area contributed by atoms with E-state index in [9.17, 15) is 22.8 Å². The van der Waals surface area contributed by atoms with Gasteiger partial charge >= 0.3 is 0 Å². The SMILES string of the molecule is O=C(C[C@@H]1CCS(=O)(=O)C1)NNC(=O)c1ccc(Cl)c(N2CCCC2=O)c1. The van der Waals surface area contributed by atoms with Crippen LogP contribution in [0.25, 0.3) is 0 Å². The molecule has 10 heteroatoms. The zero-order chi connectivity index (χ0) is 19.6. The van der Waals surface area contributed by atoms with Crippen molar-refractivity contribution in [1.29, 1.82) is 0 Å². The molecule has 2 fully saturated rings.